The van der Waals surface area contributed by atoms with Gasteiger partial charge in [0.15, 0.2) is 11.6 Å². The van der Waals surface area contributed by atoms with Crippen LogP contribution in [0.5, 0.6) is 5.75 Å². The zero-order chi connectivity index (χ0) is 23.7. The molecule has 0 aliphatic carbocycles. The van der Waals surface area contributed by atoms with Gasteiger partial charge in [0.25, 0.3) is 11.5 Å². The summed E-state index contributed by atoms with van der Waals surface area (Å²) < 4.78 is 28.9. The molecule has 1 atom stereocenters. The van der Waals surface area contributed by atoms with Gasteiger partial charge >= 0.3 is 0 Å². The van der Waals surface area contributed by atoms with Gasteiger partial charge < -0.3 is 10.4 Å². The summed E-state index contributed by atoms with van der Waals surface area (Å²) in [4.78, 5) is 30.3. The lowest BCUT2D eigenvalue weighted by Gasteiger charge is -2.17. The number of hydrogen-bond donors (Lipinski definition) is 2. The summed E-state index contributed by atoms with van der Waals surface area (Å²) in [6.07, 6.45) is 1.35. The maximum absolute atomic E-state index is 13.9. The van der Waals surface area contributed by atoms with Crippen molar-refractivity contribution in [1.82, 2.24) is 9.55 Å². The highest BCUT2D eigenvalue weighted by Crippen LogP contribution is 2.25. The minimum absolute atomic E-state index is 0.108. The van der Waals surface area contributed by atoms with Crippen molar-refractivity contribution in [3.8, 4) is 11.8 Å². The van der Waals surface area contributed by atoms with Crippen molar-refractivity contribution in [3.05, 3.63) is 99.6 Å². The standard InChI is InChI=1S/C24H16F2N4O3/c1-13(14-4-2-5-17(25)9-14)30-12-28-19-6-3-7-20(21(19)24(30)33)29-23(32)15-8-16(11-27)22(31)18(26)10-15/h2-10,12-13,31H,1H3,(H,29,32)/t13-/m0/s1. The van der Waals surface area contributed by atoms with Gasteiger partial charge in [-0.3, -0.25) is 14.2 Å². The molecule has 0 fully saturated rings. The largest absolute Gasteiger partial charge is 0.504 e. The van der Waals surface area contributed by atoms with Gasteiger partial charge in [-0.15, -0.1) is 0 Å². The minimum Gasteiger partial charge on any atom is -0.504 e. The third-order valence-corrected chi connectivity index (χ3v) is 5.25. The van der Waals surface area contributed by atoms with E-state index in [-0.39, 0.29) is 16.6 Å². The summed E-state index contributed by atoms with van der Waals surface area (Å²) in [6, 6.07) is 13.4. The average molecular weight is 446 g/mol. The number of halogens is 2. The molecule has 0 spiro atoms. The van der Waals surface area contributed by atoms with Crippen LogP contribution in [0.15, 0.2) is 65.7 Å². The number of amides is 1. The van der Waals surface area contributed by atoms with Crippen LogP contribution in [0.25, 0.3) is 10.9 Å². The van der Waals surface area contributed by atoms with Gasteiger partial charge in [-0.1, -0.05) is 18.2 Å². The molecule has 1 aromatic heterocycles. The molecule has 33 heavy (non-hydrogen) atoms. The fourth-order valence-corrected chi connectivity index (χ4v) is 3.50. The minimum atomic E-state index is -1.12. The van der Waals surface area contributed by atoms with Crippen LogP contribution in [0.4, 0.5) is 14.5 Å². The van der Waals surface area contributed by atoms with E-state index in [0.717, 1.165) is 12.1 Å². The van der Waals surface area contributed by atoms with Crippen LogP contribution in [-0.2, 0) is 0 Å². The van der Waals surface area contributed by atoms with Crippen molar-refractivity contribution in [2.24, 2.45) is 0 Å². The fourth-order valence-electron chi connectivity index (χ4n) is 3.50. The van der Waals surface area contributed by atoms with Gasteiger partial charge in [0.1, 0.15) is 11.9 Å². The molecule has 0 radical (unpaired) electrons. The van der Waals surface area contributed by atoms with Gasteiger partial charge in [0.05, 0.1) is 34.5 Å². The molecule has 0 aliphatic heterocycles. The molecule has 0 unspecified atom stereocenters. The molecule has 1 amide bonds. The molecule has 9 heteroatoms. The van der Waals surface area contributed by atoms with E-state index in [0.29, 0.717) is 11.1 Å². The number of carbonyl (C=O) groups excluding carboxylic acids is 1. The van der Waals surface area contributed by atoms with E-state index in [4.69, 9.17) is 5.26 Å². The Balaban J connectivity index is 1.77. The Hall–Kier alpha value is -4.58. The Kier molecular flexibility index (Phi) is 5.58. The summed E-state index contributed by atoms with van der Waals surface area (Å²) in [6.45, 7) is 1.72. The number of nitrogens with one attached hydrogen (secondary N) is 1. The zero-order valence-corrected chi connectivity index (χ0v) is 17.2. The summed E-state index contributed by atoms with van der Waals surface area (Å²) in [7, 11) is 0. The maximum Gasteiger partial charge on any atom is 0.263 e. The third kappa shape index (κ3) is 4.02. The number of nitrogens with zero attached hydrogens (tertiary/aromatic N) is 3. The Morgan fingerprint density at radius 1 is 1.18 bits per heavy atom. The van der Waals surface area contributed by atoms with E-state index in [1.807, 2.05) is 0 Å². The number of benzene rings is 3. The molecule has 0 aliphatic rings. The van der Waals surface area contributed by atoms with Crippen LogP contribution in [0.3, 0.4) is 0 Å². The summed E-state index contributed by atoms with van der Waals surface area (Å²) in [5, 5.41) is 21.2. The number of aromatic hydroxyl groups is 1. The second kappa shape index (κ2) is 8.51. The second-order valence-electron chi connectivity index (χ2n) is 7.31. The molecule has 164 valence electrons. The van der Waals surface area contributed by atoms with Gasteiger partial charge in [-0.05, 0) is 48.9 Å². The fraction of sp³-hybridized carbons (Fsp3) is 0.0833. The van der Waals surface area contributed by atoms with Crippen molar-refractivity contribution in [3.63, 3.8) is 0 Å². The lowest BCUT2D eigenvalue weighted by molar-refractivity contribution is 0.102. The summed E-state index contributed by atoms with van der Waals surface area (Å²) >= 11 is 0. The van der Waals surface area contributed by atoms with Crippen LogP contribution in [0.2, 0.25) is 0 Å². The monoisotopic (exact) mass is 446 g/mol. The number of anilines is 1. The second-order valence-corrected chi connectivity index (χ2v) is 7.31. The molecular weight excluding hydrogens is 430 g/mol. The lowest BCUT2D eigenvalue weighted by atomic mass is 10.1. The van der Waals surface area contributed by atoms with E-state index in [9.17, 15) is 23.5 Å². The number of nitriles is 1. The number of aromatic nitrogens is 2. The maximum atomic E-state index is 13.9. The zero-order valence-electron chi connectivity index (χ0n) is 17.2. The third-order valence-electron chi connectivity index (χ3n) is 5.25. The Morgan fingerprint density at radius 2 is 1.94 bits per heavy atom. The van der Waals surface area contributed by atoms with Crippen molar-refractivity contribution >= 4 is 22.5 Å². The van der Waals surface area contributed by atoms with Crippen LogP contribution in [0, 0.1) is 23.0 Å². The van der Waals surface area contributed by atoms with Crippen molar-refractivity contribution in [1.29, 1.82) is 5.26 Å². The first kappa shape index (κ1) is 21.6. The van der Waals surface area contributed by atoms with E-state index < -0.39 is 40.5 Å². The Labute approximate surface area is 186 Å². The smallest absolute Gasteiger partial charge is 0.263 e. The van der Waals surface area contributed by atoms with Crippen molar-refractivity contribution < 1.29 is 18.7 Å². The van der Waals surface area contributed by atoms with E-state index in [1.165, 1.54) is 29.1 Å². The number of carbonyl (C=O) groups is 1. The number of phenolic OH excluding ortho intramolecular Hbond substituents is 1. The van der Waals surface area contributed by atoms with Crippen molar-refractivity contribution in [2.45, 2.75) is 13.0 Å². The number of hydrogen-bond acceptors (Lipinski definition) is 5. The van der Waals surface area contributed by atoms with E-state index >= 15 is 0 Å². The first-order chi connectivity index (χ1) is 15.8. The topological polar surface area (TPSA) is 108 Å². The highest BCUT2D eigenvalue weighted by atomic mass is 19.1. The highest BCUT2D eigenvalue weighted by molar-refractivity contribution is 6.08. The Morgan fingerprint density at radius 3 is 2.67 bits per heavy atom. The molecule has 1 heterocycles. The number of rotatable bonds is 4. The van der Waals surface area contributed by atoms with E-state index in [2.05, 4.69) is 10.3 Å². The molecular formula is C24H16F2N4O3. The molecule has 2 N–H and O–H groups in total. The van der Waals surface area contributed by atoms with Crippen LogP contribution < -0.4 is 10.9 Å². The predicted molar refractivity (Wildman–Crippen MR) is 117 cm³/mol. The molecule has 4 aromatic rings. The molecule has 0 bridgehead atoms. The summed E-state index contributed by atoms with van der Waals surface area (Å²) in [5.41, 5.74) is -0.0780. The molecule has 0 saturated carbocycles. The molecule has 7 nitrogen and oxygen atoms in total. The first-order valence-corrected chi connectivity index (χ1v) is 9.79. The number of fused-ring (bicyclic) bond motifs is 1. The lowest BCUT2D eigenvalue weighted by Crippen LogP contribution is -2.25. The van der Waals surface area contributed by atoms with Crippen LogP contribution >= 0.6 is 0 Å². The highest BCUT2D eigenvalue weighted by Gasteiger charge is 2.18. The molecule has 4 rings (SSSR count). The number of phenols is 1. The van der Waals surface area contributed by atoms with Gasteiger partial charge in [0, 0.05) is 5.56 Å². The molecule has 3 aromatic carbocycles. The first-order valence-electron chi connectivity index (χ1n) is 9.79. The average Bonchev–Trinajstić information content (AvgIpc) is 2.80. The SMILES string of the molecule is C[C@@H](c1cccc(F)c1)n1cnc2cccc(NC(=O)c3cc(F)c(O)c(C#N)c3)c2c1=O. The van der Waals surface area contributed by atoms with Crippen molar-refractivity contribution in [2.75, 3.05) is 5.32 Å². The van der Waals surface area contributed by atoms with Gasteiger partial charge in [-0.2, -0.15) is 5.26 Å². The van der Waals surface area contributed by atoms with Crippen LogP contribution in [-0.4, -0.2) is 20.6 Å². The predicted octanol–water partition coefficient (Wildman–Crippen LogP) is 4.11. The summed E-state index contributed by atoms with van der Waals surface area (Å²) in [5.74, 6) is -3.19. The van der Waals surface area contributed by atoms with Gasteiger partial charge in [-0.25, -0.2) is 13.8 Å². The normalized spacial score (nSPS) is 11.7. The van der Waals surface area contributed by atoms with E-state index in [1.54, 1.807) is 37.3 Å². The Bertz CT molecular complexity index is 1510. The van der Waals surface area contributed by atoms with Crippen LogP contribution in [0.1, 0.15) is 34.5 Å². The van der Waals surface area contributed by atoms with Gasteiger partial charge in [0.2, 0.25) is 0 Å². The quantitative estimate of drug-likeness (QED) is 0.490. The molecule has 0 saturated heterocycles.